The van der Waals surface area contributed by atoms with E-state index in [0.29, 0.717) is 54.1 Å². The van der Waals surface area contributed by atoms with E-state index in [1.54, 1.807) is 17.7 Å². The summed E-state index contributed by atoms with van der Waals surface area (Å²) in [6, 6.07) is 2.26. The summed E-state index contributed by atoms with van der Waals surface area (Å²) in [7, 11) is 3.71. The van der Waals surface area contributed by atoms with Gasteiger partial charge in [-0.05, 0) is 38.8 Å². The topological polar surface area (TPSA) is 89.2 Å². The Kier molecular flexibility index (Phi) is 5.46. The molecule has 3 aromatic rings. The van der Waals surface area contributed by atoms with Crippen LogP contribution in [0.3, 0.4) is 0 Å². The Morgan fingerprint density at radius 1 is 1.03 bits per heavy atom. The van der Waals surface area contributed by atoms with Gasteiger partial charge in [0.05, 0.1) is 10.5 Å². The molecule has 1 aliphatic heterocycles. The highest BCUT2D eigenvalue weighted by molar-refractivity contribution is 6.31. The van der Waals surface area contributed by atoms with Gasteiger partial charge in [0.2, 0.25) is 5.95 Å². The van der Waals surface area contributed by atoms with Gasteiger partial charge in [0.15, 0.2) is 5.65 Å². The van der Waals surface area contributed by atoms with Crippen LogP contribution in [0.1, 0.15) is 37.3 Å². The first-order valence-corrected chi connectivity index (χ1v) is 11.3. The molecular weight excluding hydrogens is 430 g/mol. The number of halogens is 1. The van der Waals surface area contributed by atoms with E-state index < -0.39 is 11.1 Å². The Hall–Kier alpha value is -2.78. The second kappa shape index (κ2) is 8.29. The van der Waals surface area contributed by atoms with Gasteiger partial charge in [-0.25, -0.2) is 15.0 Å². The first-order chi connectivity index (χ1) is 15.4. The molecule has 2 fully saturated rings. The predicted octanol–water partition coefficient (Wildman–Crippen LogP) is 1.97. The van der Waals surface area contributed by atoms with Crippen LogP contribution >= 0.6 is 11.6 Å². The Labute approximate surface area is 190 Å². The molecule has 1 saturated heterocycles. The van der Waals surface area contributed by atoms with Crippen LogP contribution in [0.15, 0.2) is 34.2 Å². The molecule has 32 heavy (non-hydrogen) atoms. The van der Waals surface area contributed by atoms with E-state index in [4.69, 9.17) is 11.6 Å². The number of aryl methyl sites for hydroxylation is 1. The van der Waals surface area contributed by atoms with Crippen LogP contribution in [0.5, 0.6) is 0 Å². The van der Waals surface area contributed by atoms with Crippen LogP contribution < -0.4 is 16.0 Å². The number of rotatable bonds is 5. The molecule has 9 nitrogen and oxygen atoms in total. The second-order valence-electron chi connectivity index (χ2n) is 8.79. The van der Waals surface area contributed by atoms with E-state index in [0.717, 1.165) is 12.1 Å². The molecule has 0 amide bonds. The summed E-state index contributed by atoms with van der Waals surface area (Å²) >= 11 is 6.08. The Morgan fingerprint density at radius 3 is 2.38 bits per heavy atom. The average Bonchev–Trinajstić information content (AvgIpc) is 3.65. The van der Waals surface area contributed by atoms with Crippen molar-refractivity contribution in [1.82, 2.24) is 29.0 Å². The number of aromatic nitrogens is 5. The smallest absolute Gasteiger partial charge is 0.318 e. The lowest BCUT2D eigenvalue weighted by Gasteiger charge is -2.33. The molecular formula is C22H26ClN7O2. The predicted molar refractivity (Wildman–Crippen MR) is 123 cm³/mol. The van der Waals surface area contributed by atoms with Crippen molar-refractivity contribution in [3.8, 4) is 0 Å². The van der Waals surface area contributed by atoms with E-state index >= 15 is 0 Å². The highest BCUT2D eigenvalue weighted by atomic mass is 35.5. The average molecular weight is 456 g/mol. The quantitative estimate of drug-likeness (QED) is 0.543. The molecule has 1 saturated carbocycles. The third kappa shape index (κ3) is 3.91. The van der Waals surface area contributed by atoms with Gasteiger partial charge in [-0.1, -0.05) is 11.6 Å². The minimum Gasteiger partial charge on any atom is -0.341 e. The third-order valence-corrected chi connectivity index (χ3v) is 6.72. The van der Waals surface area contributed by atoms with E-state index in [1.807, 2.05) is 12.4 Å². The summed E-state index contributed by atoms with van der Waals surface area (Å²) in [4.78, 5) is 43.4. The molecule has 3 aromatic heterocycles. The molecule has 0 aromatic carbocycles. The fourth-order valence-electron chi connectivity index (χ4n) is 4.49. The van der Waals surface area contributed by atoms with Crippen LogP contribution in [0.25, 0.3) is 11.2 Å². The zero-order valence-corrected chi connectivity index (χ0v) is 19.0. The molecule has 10 heteroatoms. The van der Waals surface area contributed by atoms with E-state index in [2.05, 4.69) is 31.8 Å². The number of pyridine rings is 1. The lowest BCUT2D eigenvalue weighted by molar-refractivity contribution is 0.315. The van der Waals surface area contributed by atoms with E-state index in [-0.39, 0.29) is 6.04 Å². The van der Waals surface area contributed by atoms with Crippen molar-refractivity contribution in [3.05, 3.63) is 56.0 Å². The highest BCUT2D eigenvalue weighted by Gasteiger charge is 2.27. The van der Waals surface area contributed by atoms with Gasteiger partial charge in [-0.2, -0.15) is 0 Å². The maximum Gasteiger partial charge on any atom is 0.318 e. The zero-order valence-electron chi connectivity index (χ0n) is 18.2. The molecule has 0 unspecified atom stereocenters. The van der Waals surface area contributed by atoms with Crippen molar-refractivity contribution in [1.29, 1.82) is 0 Å². The number of anilines is 1. The van der Waals surface area contributed by atoms with Gasteiger partial charge in [-0.3, -0.25) is 19.1 Å². The standard InChI is InChI=1S/C22H26ClN7O2/c1-27(16-3-4-16)13-14-10-25-22(26-11-14)29-7-5-17(6-8-29)30-19-18(9-15(23)12-24-19)28(2)20(31)21(30)32/h9-12,16-17H,3-8,13H2,1-2H3. The van der Waals surface area contributed by atoms with Crippen molar-refractivity contribution in [2.45, 2.75) is 44.3 Å². The van der Waals surface area contributed by atoms with Crippen LogP contribution in [-0.4, -0.2) is 55.2 Å². The third-order valence-electron chi connectivity index (χ3n) is 6.52. The molecule has 4 heterocycles. The monoisotopic (exact) mass is 455 g/mol. The number of nitrogens with zero attached hydrogens (tertiary/aromatic N) is 7. The molecule has 5 rings (SSSR count). The summed E-state index contributed by atoms with van der Waals surface area (Å²) in [5, 5.41) is 0.427. The van der Waals surface area contributed by atoms with E-state index in [9.17, 15) is 9.59 Å². The summed E-state index contributed by atoms with van der Waals surface area (Å²) in [5.41, 5.74) is 1.04. The molecule has 0 bridgehead atoms. The van der Waals surface area contributed by atoms with Gasteiger partial charge in [-0.15, -0.1) is 0 Å². The summed E-state index contributed by atoms with van der Waals surface area (Å²) in [6.45, 7) is 2.26. The van der Waals surface area contributed by atoms with Gasteiger partial charge in [0, 0.05) is 62.9 Å². The summed E-state index contributed by atoms with van der Waals surface area (Å²) in [6.07, 6.45) is 9.26. The molecule has 0 spiro atoms. The normalized spacial score (nSPS) is 17.4. The Bertz CT molecular complexity index is 1260. The second-order valence-corrected chi connectivity index (χ2v) is 9.23. The van der Waals surface area contributed by atoms with E-state index in [1.165, 1.54) is 23.6 Å². The SMILES string of the molecule is CN(Cc1cnc(N2CCC(n3c(=O)c(=O)n(C)c4cc(Cl)cnc43)CC2)nc1)C1CC1. The lowest BCUT2D eigenvalue weighted by atomic mass is 10.0. The highest BCUT2D eigenvalue weighted by Crippen LogP contribution is 2.28. The van der Waals surface area contributed by atoms with Crippen LogP contribution in [0, 0.1) is 0 Å². The number of hydrogen-bond donors (Lipinski definition) is 0. The lowest BCUT2D eigenvalue weighted by Crippen LogP contribution is -2.45. The molecule has 1 aliphatic carbocycles. The van der Waals surface area contributed by atoms with Crippen molar-refractivity contribution >= 4 is 28.7 Å². The van der Waals surface area contributed by atoms with Crippen LogP contribution in [0.2, 0.25) is 5.02 Å². The fraction of sp³-hybridized carbons (Fsp3) is 0.500. The van der Waals surface area contributed by atoms with Crippen molar-refractivity contribution in [3.63, 3.8) is 0 Å². The number of piperidine rings is 1. The first-order valence-electron chi connectivity index (χ1n) is 11.0. The first kappa shape index (κ1) is 21.1. The minimum absolute atomic E-state index is 0.115. The summed E-state index contributed by atoms with van der Waals surface area (Å²) < 4.78 is 2.86. The largest absolute Gasteiger partial charge is 0.341 e. The molecule has 0 N–H and O–H groups in total. The maximum absolute atomic E-state index is 12.8. The maximum atomic E-state index is 12.8. The molecule has 168 valence electrons. The van der Waals surface area contributed by atoms with Crippen molar-refractivity contribution in [2.75, 3.05) is 25.0 Å². The van der Waals surface area contributed by atoms with Gasteiger partial charge in [0.25, 0.3) is 0 Å². The molecule has 2 aliphatic rings. The number of fused-ring (bicyclic) bond motifs is 1. The molecule has 0 radical (unpaired) electrons. The number of hydrogen-bond acceptors (Lipinski definition) is 7. The van der Waals surface area contributed by atoms with Gasteiger partial charge < -0.3 is 9.47 Å². The van der Waals surface area contributed by atoms with Gasteiger partial charge in [0.1, 0.15) is 0 Å². The van der Waals surface area contributed by atoms with Crippen molar-refractivity contribution in [2.24, 2.45) is 7.05 Å². The van der Waals surface area contributed by atoms with Crippen molar-refractivity contribution < 1.29 is 0 Å². The summed E-state index contributed by atoms with van der Waals surface area (Å²) in [5.74, 6) is 0.701. The minimum atomic E-state index is -0.570. The van der Waals surface area contributed by atoms with Crippen LogP contribution in [0.4, 0.5) is 5.95 Å². The molecule has 0 atom stereocenters. The zero-order chi connectivity index (χ0) is 22.4. The Morgan fingerprint density at radius 2 is 1.72 bits per heavy atom. The van der Waals surface area contributed by atoms with Crippen LogP contribution in [-0.2, 0) is 13.6 Å². The van der Waals surface area contributed by atoms with Gasteiger partial charge >= 0.3 is 11.1 Å². The Balaban J connectivity index is 1.33. The fourth-order valence-corrected chi connectivity index (χ4v) is 4.65.